The summed E-state index contributed by atoms with van der Waals surface area (Å²) in [5, 5.41) is 2.76. The van der Waals surface area contributed by atoms with Crippen LogP contribution in [-0.4, -0.2) is 41.5 Å². The van der Waals surface area contributed by atoms with Gasteiger partial charge in [0.15, 0.2) is 0 Å². The van der Waals surface area contributed by atoms with Gasteiger partial charge in [-0.05, 0) is 34.5 Å². The maximum atomic E-state index is 11.7. The molecule has 0 aromatic carbocycles. The lowest BCUT2D eigenvalue weighted by molar-refractivity contribution is -0.117. The van der Waals surface area contributed by atoms with Crippen molar-refractivity contribution in [1.82, 2.24) is 9.88 Å². The van der Waals surface area contributed by atoms with Crippen LogP contribution in [-0.2, 0) is 4.79 Å². The molecule has 0 saturated carbocycles. The fraction of sp³-hybridized carbons (Fsp3) is 0.455. The molecule has 1 aromatic rings. The summed E-state index contributed by atoms with van der Waals surface area (Å²) in [7, 11) is 0. The third-order valence-corrected chi connectivity index (χ3v) is 3.14. The second kappa shape index (κ2) is 5.57. The van der Waals surface area contributed by atoms with Gasteiger partial charge in [0.2, 0.25) is 5.91 Å². The van der Waals surface area contributed by atoms with E-state index in [0.717, 1.165) is 24.0 Å². The summed E-state index contributed by atoms with van der Waals surface area (Å²) in [5.41, 5.74) is 5.78. The fourth-order valence-electron chi connectivity index (χ4n) is 1.84. The molecule has 1 fully saturated rings. The van der Waals surface area contributed by atoms with Gasteiger partial charge in [-0.15, -0.1) is 0 Å². The molecule has 92 valence electrons. The molecule has 1 aliphatic rings. The highest BCUT2D eigenvalue weighted by Crippen LogP contribution is 2.11. The summed E-state index contributed by atoms with van der Waals surface area (Å²) in [6.07, 6.45) is 2.62. The zero-order valence-electron chi connectivity index (χ0n) is 9.40. The van der Waals surface area contributed by atoms with Gasteiger partial charge in [-0.1, -0.05) is 0 Å². The third kappa shape index (κ3) is 3.76. The quantitative estimate of drug-likeness (QED) is 0.866. The predicted molar refractivity (Wildman–Crippen MR) is 69.6 cm³/mol. The molecule has 0 unspecified atom stereocenters. The van der Waals surface area contributed by atoms with Gasteiger partial charge < -0.3 is 11.1 Å². The van der Waals surface area contributed by atoms with Gasteiger partial charge >= 0.3 is 0 Å². The Labute approximate surface area is 109 Å². The molecule has 1 aliphatic heterocycles. The number of hydrogen-bond acceptors (Lipinski definition) is 4. The molecule has 2 rings (SSSR count). The first-order chi connectivity index (χ1) is 8.13. The highest BCUT2D eigenvalue weighted by Gasteiger charge is 2.20. The van der Waals surface area contributed by atoms with Crippen LogP contribution in [0.5, 0.6) is 0 Å². The molecule has 2 heterocycles. The van der Waals surface area contributed by atoms with Crippen molar-refractivity contribution in [3.05, 3.63) is 22.8 Å². The first-order valence-electron chi connectivity index (χ1n) is 5.53. The largest absolute Gasteiger partial charge is 0.326 e. The molecule has 5 nitrogen and oxygen atoms in total. The van der Waals surface area contributed by atoms with Crippen LogP contribution in [0.4, 0.5) is 5.82 Å². The summed E-state index contributed by atoms with van der Waals surface area (Å²) < 4.78 is 0.890. The lowest BCUT2D eigenvalue weighted by Crippen LogP contribution is -2.33. The van der Waals surface area contributed by atoms with Gasteiger partial charge in [0.05, 0.1) is 6.54 Å². The van der Waals surface area contributed by atoms with Crippen LogP contribution in [0.25, 0.3) is 0 Å². The molecule has 1 amide bonds. The van der Waals surface area contributed by atoms with Gasteiger partial charge in [-0.3, -0.25) is 9.69 Å². The zero-order valence-corrected chi connectivity index (χ0v) is 11.0. The zero-order chi connectivity index (χ0) is 12.3. The second-order valence-corrected chi connectivity index (χ2v) is 5.11. The van der Waals surface area contributed by atoms with Crippen molar-refractivity contribution >= 4 is 27.7 Å². The average molecular weight is 299 g/mol. The first kappa shape index (κ1) is 12.5. The average Bonchev–Trinajstić information content (AvgIpc) is 2.67. The number of carbonyl (C=O) groups is 1. The van der Waals surface area contributed by atoms with Gasteiger partial charge in [0, 0.05) is 29.8 Å². The van der Waals surface area contributed by atoms with Crippen molar-refractivity contribution in [2.75, 3.05) is 25.0 Å². The number of amides is 1. The molecular formula is C11H15BrN4O. The lowest BCUT2D eigenvalue weighted by atomic mass is 10.3. The molecule has 6 heteroatoms. The number of rotatable bonds is 3. The summed E-state index contributed by atoms with van der Waals surface area (Å²) >= 11 is 3.29. The Morgan fingerprint density at radius 2 is 2.47 bits per heavy atom. The van der Waals surface area contributed by atoms with E-state index in [-0.39, 0.29) is 11.9 Å². The standard InChI is InChI=1S/C11H15BrN4O/c12-8-1-2-10(14-5-8)15-11(17)7-16-4-3-9(13)6-16/h1-2,5,9H,3-4,6-7,13H2,(H,14,15,17)/t9-/m1/s1. The van der Waals surface area contributed by atoms with Crippen molar-refractivity contribution < 1.29 is 4.79 Å². The SMILES string of the molecule is N[C@@H]1CCN(CC(=O)Nc2ccc(Br)cn2)C1. The Hall–Kier alpha value is -0.980. The normalized spacial score (nSPS) is 20.5. The number of aromatic nitrogens is 1. The lowest BCUT2D eigenvalue weighted by Gasteiger charge is -2.14. The fourth-order valence-corrected chi connectivity index (χ4v) is 2.08. The topological polar surface area (TPSA) is 71.2 Å². The molecule has 17 heavy (non-hydrogen) atoms. The summed E-state index contributed by atoms with van der Waals surface area (Å²) in [6, 6.07) is 3.81. The minimum atomic E-state index is -0.0473. The Kier molecular flexibility index (Phi) is 4.09. The maximum absolute atomic E-state index is 11.7. The van der Waals surface area contributed by atoms with E-state index in [2.05, 4.69) is 31.1 Å². The van der Waals surface area contributed by atoms with E-state index in [1.807, 2.05) is 6.07 Å². The number of nitrogens with zero attached hydrogens (tertiary/aromatic N) is 2. The van der Waals surface area contributed by atoms with Crippen LogP contribution in [0.2, 0.25) is 0 Å². The molecule has 0 aliphatic carbocycles. The number of nitrogens with one attached hydrogen (secondary N) is 1. The Morgan fingerprint density at radius 1 is 1.65 bits per heavy atom. The smallest absolute Gasteiger partial charge is 0.239 e. The predicted octanol–water partition coefficient (Wildman–Crippen LogP) is 0.816. The van der Waals surface area contributed by atoms with Gasteiger partial charge in [0.1, 0.15) is 5.82 Å². The molecule has 0 radical (unpaired) electrons. The Morgan fingerprint density at radius 3 is 3.06 bits per heavy atom. The van der Waals surface area contributed by atoms with Crippen LogP contribution in [0, 0.1) is 0 Å². The van der Waals surface area contributed by atoms with E-state index in [0.29, 0.717) is 12.4 Å². The summed E-state index contributed by atoms with van der Waals surface area (Å²) in [6.45, 7) is 2.06. The molecular weight excluding hydrogens is 284 g/mol. The van der Waals surface area contributed by atoms with E-state index in [9.17, 15) is 4.79 Å². The number of halogens is 1. The third-order valence-electron chi connectivity index (χ3n) is 2.67. The molecule has 1 aromatic heterocycles. The van der Waals surface area contributed by atoms with E-state index in [4.69, 9.17) is 5.73 Å². The molecule has 3 N–H and O–H groups in total. The number of carbonyl (C=O) groups excluding carboxylic acids is 1. The Bertz CT molecular complexity index is 395. The first-order valence-corrected chi connectivity index (χ1v) is 6.32. The summed E-state index contributed by atoms with van der Waals surface area (Å²) in [5.74, 6) is 0.524. The van der Waals surface area contributed by atoms with Crippen molar-refractivity contribution in [2.45, 2.75) is 12.5 Å². The number of hydrogen-bond donors (Lipinski definition) is 2. The highest BCUT2D eigenvalue weighted by molar-refractivity contribution is 9.10. The number of pyridine rings is 1. The van der Waals surface area contributed by atoms with E-state index in [1.54, 1.807) is 12.3 Å². The van der Waals surface area contributed by atoms with Crippen molar-refractivity contribution in [1.29, 1.82) is 0 Å². The van der Waals surface area contributed by atoms with Crippen LogP contribution < -0.4 is 11.1 Å². The van der Waals surface area contributed by atoms with Crippen LogP contribution >= 0.6 is 15.9 Å². The van der Waals surface area contributed by atoms with Crippen LogP contribution in [0.1, 0.15) is 6.42 Å². The second-order valence-electron chi connectivity index (χ2n) is 4.19. The van der Waals surface area contributed by atoms with Crippen molar-refractivity contribution in [3.63, 3.8) is 0 Å². The molecule has 0 spiro atoms. The minimum absolute atomic E-state index is 0.0473. The van der Waals surface area contributed by atoms with Crippen molar-refractivity contribution in [2.24, 2.45) is 5.73 Å². The number of nitrogens with two attached hydrogens (primary N) is 1. The van der Waals surface area contributed by atoms with E-state index >= 15 is 0 Å². The van der Waals surface area contributed by atoms with Crippen LogP contribution in [0.3, 0.4) is 0 Å². The van der Waals surface area contributed by atoms with Crippen LogP contribution in [0.15, 0.2) is 22.8 Å². The summed E-state index contributed by atoms with van der Waals surface area (Å²) in [4.78, 5) is 17.9. The van der Waals surface area contributed by atoms with Gasteiger partial charge in [-0.25, -0.2) is 4.98 Å². The highest BCUT2D eigenvalue weighted by atomic mass is 79.9. The molecule has 1 saturated heterocycles. The van der Waals surface area contributed by atoms with Gasteiger partial charge in [0.25, 0.3) is 0 Å². The van der Waals surface area contributed by atoms with Crippen molar-refractivity contribution in [3.8, 4) is 0 Å². The van der Waals surface area contributed by atoms with E-state index in [1.165, 1.54) is 0 Å². The number of likely N-dealkylation sites (tertiary alicyclic amines) is 1. The Balaban J connectivity index is 1.83. The number of anilines is 1. The monoisotopic (exact) mass is 298 g/mol. The van der Waals surface area contributed by atoms with E-state index < -0.39 is 0 Å². The molecule has 0 bridgehead atoms. The maximum Gasteiger partial charge on any atom is 0.239 e. The minimum Gasteiger partial charge on any atom is -0.326 e. The van der Waals surface area contributed by atoms with Gasteiger partial charge in [-0.2, -0.15) is 0 Å². The molecule has 1 atom stereocenters.